The molecule has 0 fully saturated rings. The summed E-state index contributed by atoms with van der Waals surface area (Å²) in [5.74, 6) is 0.0305. The van der Waals surface area contributed by atoms with Gasteiger partial charge in [0.1, 0.15) is 11.3 Å². The van der Waals surface area contributed by atoms with E-state index in [1.807, 2.05) is 7.05 Å². The number of hydrogen-bond acceptors (Lipinski definition) is 5. The van der Waals surface area contributed by atoms with Gasteiger partial charge in [0.15, 0.2) is 0 Å². The van der Waals surface area contributed by atoms with Gasteiger partial charge in [0.05, 0.1) is 10.8 Å². The third kappa shape index (κ3) is 2.33. The quantitative estimate of drug-likeness (QED) is 0.654. The van der Waals surface area contributed by atoms with Crippen molar-refractivity contribution in [1.29, 1.82) is 0 Å². The van der Waals surface area contributed by atoms with Crippen molar-refractivity contribution in [2.75, 3.05) is 13.6 Å². The van der Waals surface area contributed by atoms with Gasteiger partial charge in [-0.3, -0.25) is 4.79 Å². The van der Waals surface area contributed by atoms with E-state index in [2.05, 4.69) is 10.3 Å². The molecular formula is C11H14N2O3S. The van der Waals surface area contributed by atoms with Crippen LogP contribution in [-0.2, 0) is 0 Å². The molecule has 6 heteroatoms. The minimum Gasteiger partial charge on any atom is -0.506 e. The second kappa shape index (κ2) is 4.87. The summed E-state index contributed by atoms with van der Waals surface area (Å²) in [6, 6.07) is 3.14. The summed E-state index contributed by atoms with van der Waals surface area (Å²) < 4.78 is 0.624. The van der Waals surface area contributed by atoms with E-state index in [1.54, 1.807) is 6.07 Å². The molecule has 0 spiro atoms. The summed E-state index contributed by atoms with van der Waals surface area (Å²) >= 11 is 1.00. The topological polar surface area (TPSA) is 85.3 Å². The van der Waals surface area contributed by atoms with Crippen molar-refractivity contribution in [1.82, 2.24) is 10.3 Å². The van der Waals surface area contributed by atoms with Crippen LogP contribution in [0.4, 0.5) is 0 Å². The van der Waals surface area contributed by atoms with E-state index in [0.717, 1.165) is 11.3 Å². The highest BCUT2D eigenvalue weighted by Gasteiger charge is 2.15. The van der Waals surface area contributed by atoms with Crippen molar-refractivity contribution < 1.29 is 10.2 Å². The van der Waals surface area contributed by atoms with E-state index < -0.39 is 6.10 Å². The molecular weight excluding hydrogens is 240 g/mol. The smallest absolute Gasteiger partial charge is 0.305 e. The molecule has 1 atom stereocenters. The van der Waals surface area contributed by atoms with E-state index >= 15 is 0 Å². The lowest BCUT2D eigenvalue weighted by molar-refractivity contribution is 0.169. The zero-order valence-electron chi connectivity index (χ0n) is 9.36. The number of aromatic nitrogens is 1. The van der Waals surface area contributed by atoms with Crippen LogP contribution in [0.2, 0.25) is 0 Å². The van der Waals surface area contributed by atoms with Crippen molar-refractivity contribution in [3.8, 4) is 5.75 Å². The Labute approximate surface area is 102 Å². The van der Waals surface area contributed by atoms with Gasteiger partial charge < -0.3 is 20.5 Å². The van der Waals surface area contributed by atoms with Gasteiger partial charge in [-0.05, 0) is 26.1 Å². The molecule has 5 nitrogen and oxygen atoms in total. The van der Waals surface area contributed by atoms with Crippen LogP contribution in [0.5, 0.6) is 5.75 Å². The fourth-order valence-electron chi connectivity index (χ4n) is 1.74. The maximum absolute atomic E-state index is 11.3. The third-order valence-electron chi connectivity index (χ3n) is 2.61. The van der Waals surface area contributed by atoms with Gasteiger partial charge in [0.25, 0.3) is 0 Å². The highest BCUT2D eigenvalue weighted by Crippen LogP contribution is 2.32. The van der Waals surface area contributed by atoms with Crippen LogP contribution >= 0.6 is 11.3 Å². The van der Waals surface area contributed by atoms with Gasteiger partial charge in [0, 0.05) is 5.56 Å². The number of fused-ring (bicyclic) bond motifs is 1. The van der Waals surface area contributed by atoms with Crippen LogP contribution in [0, 0.1) is 0 Å². The standard InChI is InChI=1S/C11H14N2O3S/c1-12-5-4-7(14)6-2-3-8(15)9-10(6)17-11(16)13-9/h2-3,7,12,14-15H,4-5H2,1H3,(H,13,16)/t7-/m0/s1. The fourth-order valence-corrected chi connectivity index (χ4v) is 2.66. The Hall–Kier alpha value is -1.37. The number of aromatic amines is 1. The first-order valence-electron chi connectivity index (χ1n) is 5.31. The van der Waals surface area contributed by atoms with Gasteiger partial charge in [-0.15, -0.1) is 0 Å². The lowest BCUT2D eigenvalue weighted by Crippen LogP contribution is -2.11. The average Bonchev–Trinajstić information content (AvgIpc) is 2.69. The van der Waals surface area contributed by atoms with E-state index in [4.69, 9.17) is 0 Å². The van der Waals surface area contributed by atoms with E-state index in [-0.39, 0.29) is 10.6 Å². The maximum atomic E-state index is 11.3. The molecule has 0 aliphatic heterocycles. The van der Waals surface area contributed by atoms with Crippen molar-refractivity contribution in [2.24, 2.45) is 0 Å². The minimum atomic E-state index is -0.642. The Morgan fingerprint density at radius 2 is 2.29 bits per heavy atom. The number of phenols is 1. The highest BCUT2D eigenvalue weighted by atomic mass is 32.1. The Bertz CT molecular complexity index is 576. The normalized spacial score (nSPS) is 13.1. The lowest BCUT2D eigenvalue weighted by atomic mass is 10.1. The predicted octanol–water partition coefficient (Wildman–Crippen LogP) is 0.938. The molecule has 2 rings (SSSR count). The van der Waals surface area contributed by atoms with Gasteiger partial charge in [-0.2, -0.15) is 0 Å². The number of aliphatic hydroxyl groups is 1. The number of aliphatic hydroxyl groups excluding tert-OH is 1. The molecule has 92 valence electrons. The van der Waals surface area contributed by atoms with Crippen molar-refractivity contribution in [3.05, 3.63) is 27.4 Å². The van der Waals surface area contributed by atoms with Crippen LogP contribution in [-0.4, -0.2) is 28.8 Å². The van der Waals surface area contributed by atoms with Crippen LogP contribution in [0.15, 0.2) is 16.9 Å². The summed E-state index contributed by atoms with van der Waals surface area (Å²) in [4.78, 5) is 13.6. The predicted molar refractivity (Wildman–Crippen MR) is 67.6 cm³/mol. The third-order valence-corrected chi connectivity index (χ3v) is 3.55. The van der Waals surface area contributed by atoms with Crippen molar-refractivity contribution in [3.63, 3.8) is 0 Å². The first-order valence-corrected chi connectivity index (χ1v) is 6.12. The van der Waals surface area contributed by atoms with Gasteiger partial charge in [-0.25, -0.2) is 0 Å². The SMILES string of the molecule is CNCC[C@H](O)c1ccc(O)c2[nH]c(=O)sc12. The minimum absolute atomic E-state index is 0.0305. The second-order valence-electron chi connectivity index (χ2n) is 3.80. The molecule has 1 heterocycles. The number of aromatic hydroxyl groups is 1. The molecule has 4 N–H and O–H groups in total. The molecule has 1 aromatic carbocycles. The summed E-state index contributed by atoms with van der Waals surface area (Å²) in [7, 11) is 1.81. The zero-order valence-corrected chi connectivity index (χ0v) is 10.2. The molecule has 0 saturated heterocycles. The van der Waals surface area contributed by atoms with Gasteiger partial charge in [-0.1, -0.05) is 17.4 Å². The largest absolute Gasteiger partial charge is 0.506 e. The number of H-pyrrole nitrogens is 1. The fraction of sp³-hybridized carbons (Fsp3) is 0.364. The summed E-state index contributed by atoms with van der Waals surface area (Å²) in [6.45, 7) is 0.683. The first-order chi connectivity index (χ1) is 8.13. The molecule has 0 amide bonds. The number of benzene rings is 1. The Kier molecular flexibility index (Phi) is 3.46. The van der Waals surface area contributed by atoms with E-state index in [1.165, 1.54) is 6.07 Å². The second-order valence-corrected chi connectivity index (χ2v) is 4.78. The summed E-state index contributed by atoms with van der Waals surface area (Å²) in [6.07, 6.45) is -0.0837. The summed E-state index contributed by atoms with van der Waals surface area (Å²) in [5, 5.41) is 22.6. The van der Waals surface area contributed by atoms with Crippen LogP contribution in [0.25, 0.3) is 10.2 Å². The number of rotatable bonds is 4. The molecule has 0 unspecified atom stereocenters. The average molecular weight is 254 g/mol. The molecule has 0 aliphatic rings. The number of nitrogens with one attached hydrogen (secondary N) is 2. The Balaban J connectivity index is 2.47. The van der Waals surface area contributed by atoms with Gasteiger partial charge >= 0.3 is 4.87 Å². The molecule has 0 aliphatic carbocycles. The van der Waals surface area contributed by atoms with Gasteiger partial charge in [0.2, 0.25) is 0 Å². The summed E-state index contributed by atoms with van der Waals surface area (Å²) in [5.41, 5.74) is 1.08. The maximum Gasteiger partial charge on any atom is 0.305 e. The molecule has 0 radical (unpaired) electrons. The van der Waals surface area contributed by atoms with Crippen molar-refractivity contribution in [2.45, 2.75) is 12.5 Å². The highest BCUT2D eigenvalue weighted by molar-refractivity contribution is 7.16. The Morgan fingerprint density at radius 3 is 3.00 bits per heavy atom. The van der Waals surface area contributed by atoms with E-state index in [9.17, 15) is 15.0 Å². The van der Waals surface area contributed by atoms with Crippen LogP contribution in [0.1, 0.15) is 18.1 Å². The molecule has 1 aromatic heterocycles. The zero-order chi connectivity index (χ0) is 12.4. The number of phenolic OH excluding ortho intramolecular Hbond substituents is 1. The molecule has 0 bridgehead atoms. The van der Waals surface area contributed by atoms with E-state index in [0.29, 0.717) is 28.7 Å². The van der Waals surface area contributed by atoms with Crippen LogP contribution in [0.3, 0.4) is 0 Å². The lowest BCUT2D eigenvalue weighted by Gasteiger charge is -2.11. The van der Waals surface area contributed by atoms with Crippen molar-refractivity contribution >= 4 is 21.6 Å². The first kappa shape index (κ1) is 12.1. The number of hydrogen-bond donors (Lipinski definition) is 4. The molecule has 2 aromatic rings. The molecule has 17 heavy (non-hydrogen) atoms. The Morgan fingerprint density at radius 1 is 1.53 bits per heavy atom. The molecule has 0 saturated carbocycles. The van der Waals surface area contributed by atoms with Crippen LogP contribution < -0.4 is 10.2 Å². The number of thiazole rings is 1. The monoisotopic (exact) mass is 254 g/mol.